The van der Waals surface area contributed by atoms with Crippen molar-refractivity contribution in [3.8, 4) is 0 Å². The molecular formula is C22H30N4O6S. The highest BCUT2D eigenvalue weighted by Gasteiger charge is 2.43. The molecule has 2 atom stereocenters. The number of carboxylic acid groups (broad SMARTS) is 1. The predicted molar refractivity (Wildman–Crippen MR) is 122 cm³/mol. The molecule has 2 aromatic rings. The van der Waals surface area contributed by atoms with Crippen LogP contribution < -0.4 is 10.6 Å². The van der Waals surface area contributed by atoms with Gasteiger partial charge in [0.1, 0.15) is 17.5 Å². The van der Waals surface area contributed by atoms with Gasteiger partial charge in [0.05, 0.1) is 10.6 Å². The van der Waals surface area contributed by atoms with E-state index in [1.807, 2.05) is 0 Å². The standard InChI is InChI=1S/C22H30N4O6S/c1-21(2,3)17(19(27)28)26(20(29)32-22(4,5)6)16-11-7-10-15(25-16)18(23)33(30,31)14-9-8-12-24-13-14/h7-13,17-18H,23H2,1-6H3,(H,27,28). The number of anilines is 1. The normalized spacial score (nSPS) is 14.3. The van der Waals surface area contributed by atoms with E-state index in [-0.39, 0.29) is 16.4 Å². The van der Waals surface area contributed by atoms with Crippen molar-refractivity contribution in [3.05, 3.63) is 48.4 Å². The second-order valence-electron chi connectivity index (χ2n) is 9.53. The second kappa shape index (κ2) is 9.44. The van der Waals surface area contributed by atoms with Gasteiger partial charge in [-0.05, 0) is 50.5 Å². The molecule has 11 heteroatoms. The molecule has 0 bridgehead atoms. The van der Waals surface area contributed by atoms with Gasteiger partial charge < -0.3 is 15.6 Å². The van der Waals surface area contributed by atoms with Crippen molar-refractivity contribution in [3.63, 3.8) is 0 Å². The third-order valence-electron chi connectivity index (χ3n) is 4.49. The van der Waals surface area contributed by atoms with Gasteiger partial charge in [0.15, 0.2) is 5.37 Å². The minimum absolute atomic E-state index is 0.0667. The topological polar surface area (TPSA) is 153 Å². The number of rotatable bonds is 6. The van der Waals surface area contributed by atoms with Crippen LogP contribution in [0.5, 0.6) is 0 Å². The van der Waals surface area contributed by atoms with Gasteiger partial charge in [-0.2, -0.15) is 0 Å². The summed E-state index contributed by atoms with van der Waals surface area (Å²) in [5.41, 5.74) is 4.16. The quantitative estimate of drug-likeness (QED) is 0.637. The maximum absolute atomic E-state index is 13.1. The lowest BCUT2D eigenvalue weighted by Gasteiger charge is -2.37. The highest BCUT2D eigenvalue weighted by atomic mass is 32.2. The van der Waals surface area contributed by atoms with Gasteiger partial charge in [0.2, 0.25) is 9.84 Å². The van der Waals surface area contributed by atoms with Crippen LogP contribution in [0.15, 0.2) is 47.6 Å². The van der Waals surface area contributed by atoms with Crippen molar-refractivity contribution >= 4 is 27.7 Å². The minimum atomic E-state index is -4.05. The molecular weight excluding hydrogens is 448 g/mol. The molecule has 10 nitrogen and oxygen atoms in total. The predicted octanol–water partition coefficient (Wildman–Crippen LogP) is 3.15. The van der Waals surface area contributed by atoms with Crippen LogP contribution in [-0.4, -0.2) is 47.2 Å². The number of aromatic nitrogens is 2. The van der Waals surface area contributed by atoms with Gasteiger partial charge in [-0.15, -0.1) is 0 Å². The van der Waals surface area contributed by atoms with Crippen molar-refractivity contribution in [1.29, 1.82) is 0 Å². The van der Waals surface area contributed by atoms with E-state index in [0.29, 0.717) is 0 Å². The lowest BCUT2D eigenvalue weighted by Crippen LogP contribution is -2.54. The van der Waals surface area contributed by atoms with E-state index >= 15 is 0 Å². The Morgan fingerprint density at radius 3 is 2.21 bits per heavy atom. The van der Waals surface area contributed by atoms with Crippen molar-refractivity contribution in [2.24, 2.45) is 11.1 Å². The van der Waals surface area contributed by atoms with E-state index in [9.17, 15) is 23.1 Å². The molecule has 180 valence electrons. The summed E-state index contributed by atoms with van der Waals surface area (Å²) in [5, 5.41) is 8.37. The Labute approximate surface area is 193 Å². The number of carbonyl (C=O) groups excluding carboxylic acids is 1. The van der Waals surface area contributed by atoms with Gasteiger partial charge in [-0.1, -0.05) is 26.8 Å². The van der Waals surface area contributed by atoms with Crippen LogP contribution in [0.1, 0.15) is 52.6 Å². The molecule has 33 heavy (non-hydrogen) atoms. The van der Waals surface area contributed by atoms with Crippen LogP contribution in [0, 0.1) is 5.41 Å². The second-order valence-corrected chi connectivity index (χ2v) is 11.6. The number of hydrogen-bond donors (Lipinski definition) is 2. The number of nitrogens with two attached hydrogens (primary N) is 1. The summed E-state index contributed by atoms with van der Waals surface area (Å²) >= 11 is 0. The molecule has 2 heterocycles. The smallest absolute Gasteiger partial charge is 0.416 e. The number of carboxylic acids is 1. The molecule has 0 fully saturated rings. The SMILES string of the molecule is CC(C)(C)OC(=O)N(c1cccc(C(N)S(=O)(=O)c2cccnc2)n1)C(C(=O)O)C(C)(C)C. The number of aliphatic carboxylic acids is 1. The fourth-order valence-electron chi connectivity index (χ4n) is 3.06. The molecule has 3 N–H and O–H groups in total. The van der Waals surface area contributed by atoms with Gasteiger partial charge in [0.25, 0.3) is 0 Å². The molecule has 2 unspecified atom stereocenters. The van der Waals surface area contributed by atoms with Crippen LogP contribution in [0.3, 0.4) is 0 Å². The number of carbonyl (C=O) groups is 2. The highest BCUT2D eigenvalue weighted by molar-refractivity contribution is 7.91. The fourth-order valence-corrected chi connectivity index (χ4v) is 4.28. The average Bonchev–Trinajstić information content (AvgIpc) is 2.69. The summed E-state index contributed by atoms with van der Waals surface area (Å²) in [6.07, 6.45) is 1.67. The molecule has 0 aromatic carbocycles. The zero-order valence-electron chi connectivity index (χ0n) is 19.5. The van der Waals surface area contributed by atoms with E-state index in [0.717, 1.165) is 4.90 Å². The van der Waals surface area contributed by atoms with Gasteiger partial charge in [-0.25, -0.2) is 27.9 Å². The summed E-state index contributed by atoms with van der Waals surface area (Å²) in [5.74, 6) is -1.37. The largest absolute Gasteiger partial charge is 0.480 e. The number of hydrogen-bond acceptors (Lipinski definition) is 8. The third kappa shape index (κ3) is 6.26. The molecule has 0 spiro atoms. The Hall–Kier alpha value is -3.05. The first-order valence-electron chi connectivity index (χ1n) is 10.2. The summed E-state index contributed by atoms with van der Waals surface area (Å²) < 4.78 is 31.3. The van der Waals surface area contributed by atoms with Crippen molar-refractivity contribution < 1.29 is 27.9 Å². The van der Waals surface area contributed by atoms with E-state index < -0.39 is 44.3 Å². The first-order valence-corrected chi connectivity index (χ1v) is 11.7. The maximum Gasteiger partial charge on any atom is 0.416 e. The van der Waals surface area contributed by atoms with E-state index in [1.165, 1.54) is 42.7 Å². The Bertz CT molecular complexity index is 1110. The van der Waals surface area contributed by atoms with E-state index in [1.54, 1.807) is 41.5 Å². The Balaban J connectivity index is 2.61. The number of amides is 1. The van der Waals surface area contributed by atoms with Crippen molar-refractivity contribution in [2.75, 3.05) is 4.90 Å². The number of nitrogens with zero attached hydrogens (tertiary/aromatic N) is 3. The Kier molecular flexibility index (Phi) is 7.49. The molecule has 0 aliphatic rings. The van der Waals surface area contributed by atoms with E-state index in [4.69, 9.17) is 10.5 Å². The highest BCUT2D eigenvalue weighted by Crippen LogP contribution is 2.31. The Morgan fingerprint density at radius 2 is 1.73 bits per heavy atom. The molecule has 2 rings (SSSR count). The molecule has 0 radical (unpaired) electrons. The van der Waals surface area contributed by atoms with Crippen LogP contribution in [0.4, 0.5) is 10.6 Å². The van der Waals surface area contributed by atoms with Crippen molar-refractivity contribution in [1.82, 2.24) is 9.97 Å². The summed E-state index contributed by atoms with van der Waals surface area (Å²) in [7, 11) is -4.05. The monoisotopic (exact) mass is 478 g/mol. The van der Waals surface area contributed by atoms with Gasteiger partial charge in [-0.3, -0.25) is 4.98 Å². The van der Waals surface area contributed by atoms with Crippen LogP contribution in [0.2, 0.25) is 0 Å². The molecule has 0 aliphatic heterocycles. The summed E-state index contributed by atoms with van der Waals surface area (Å²) in [6, 6.07) is 5.71. The zero-order chi connectivity index (χ0) is 25.2. The van der Waals surface area contributed by atoms with Crippen LogP contribution in [-0.2, 0) is 19.4 Å². The van der Waals surface area contributed by atoms with Gasteiger partial charge >= 0.3 is 12.1 Å². The fraction of sp³-hybridized carbons (Fsp3) is 0.455. The molecule has 2 aromatic heterocycles. The maximum atomic E-state index is 13.1. The van der Waals surface area contributed by atoms with E-state index in [2.05, 4.69) is 9.97 Å². The zero-order valence-corrected chi connectivity index (χ0v) is 20.3. The minimum Gasteiger partial charge on any atom is -0.480 e. The molecule has 0 aliphatic carbocycles. The molecule has 0 saturated carbocycles. The lowest BCUT2D eigenvalue weighted by atomic mass is 9.85. The van der Waals surface area contributed by atoms with Gasteiger partial charge in [0, 0.05) is 12.4 Å². The van der Waals surface area contributed by atoms with Crippen LogP contribution >= 0.6 is 0 Å². The summed E-state index contributed by atoms with van der Waals surface area (Å²) in [6.45, 7) is 9.92. The summed E-state index contributed by atoms with van der Waals surface area (Å²) in [4.78, 5) is 34.2. The first-order chi connectivity index (χ1) is 15.1. The number of pyridine rings is 2. The third-order valence-corrected chi connectivity index (χ3v) is 6.30. The molecule has 1 amide bonds. The average molecular weight is 479 g/mol. The van der Waals surface area contributed by atoms with Crippen LogP contribution in [0.25, 0.3) is 0 Å². The Morgan fingerprint density at radius 1 is 1.09 bits per heavy atom. The lowest BCUT2D eigenvalue weighted by molar-refractivity contribution is -0.141. The number of sulfone groups is 1. The number of ether oxygens (including phenoxy) is 1. The first kappa shape index (κ1) is 26.2. The molecule has 0 saturated heterocycles. The van der Waals surface area contributed by atoms with Crippen molar-refractivity contribution in [2.45, 2.75) is 63.5 Å².